The van der Waals surface area contributed by atoms with Crippen LogP contribution < -0.4 is 9.47 Å². The van der Waals surface area contributed by atoms with Crippen molar-refractivity contribution in [3.63, 3.8) is 0 Å². The molecule has 208 valence electrons. The van der Waals surface area contributed by atoms with E-state index < -0.39 is 0 Å². The number of aromatic nitrogens is 6. The van der Waals surface area contributed by atoms with E-state index in [2.05, 4.69) is 15.2 Å². The van der Waals surface area contributed by atoms with E-state index in [-0.39, 0.29) is 12.5 Å². The van der Waals surface area contributed by atoms with Crippen LogP contribution in [-0.2, 0) is 11.4 Å². The average molecular weight is 558 g/mol. The molecule has 1 aliphatic heterocycles. The van der Waals surface area contributed by atoms with Gasteiger partial charge >= 0.3 is 0 Å². The van der Waals surface area contributed by atoms with Crippen molar-refractivity contribution >= 4 is 11.4 Å². The summed E-state index contributed by atoms with van der Waals surface area (Å²) in [7, 11) is 1.67. The molecule has 0 aliphatic carbocycles. The van der Waals surface area contributed by atoms with Gasteiger partial charge in [-0.15, -0.1) is 5.10 Å². The number of aryl methyl sites for hydroxylation is 1. The molecule has 0 N–H and O–H groups in total. The molecule has 0 saturated heterocycles. The maximum absolute atomic E-state index is 6.50. The summed E-state index contributed by atoms with van der Waals surface area (Å²) in [6.07, 6.45) is 1.60. The number of para-hydroxylation sites is 2. The Morgan fingerprint density at radius 1 is 0.929 bits per heavy atom. The van der Waals surface area contributed by atoms with Gasteiger partial charge in [0.2, 0.25) is 11.8 Å². The van der Waals surface area contributed by atoms with Crippen molar-refractivity contribution in [2.75, 3.05) is 7.11 Å². The smallest absolute Gasteiger partial charge is 0.230 e. The number of benzene rings is 3. The molecule has 0 amide bonds. The third kappa shape index (κ3) is 4.33. The molecule has 0 fully saturated rings. The van der Waals surface area contributed by atoms with E-state index in [4.69, 9.17) is 24.4 Å². The number of hydrogen-bond donors (Lipinski definition) is 0. The fraction of sp³-hybridized carbons (Fsp3) is 0.156. The predicted octanol–water partition coefficient (Wildman–Crippen LogP) is 5.85. The zero-order chi connectivity index (χ0) is 28.6. The van der Waals surface area contributed by atoms with E-state index in [1.54, 1.807) is 18.0 Å². The summed E-state index contributed by atoms with van der Waals surface area (Å²) in [5, 5.41) is 13.8. The Kier molecular flexibility index (Phi) is 6.35. The lowest BCUT2D eigenvalue weighted by Gasteiger charge is -2.27. The first-order valence-corrected chi connectivity index (χ1v) is 13.5. The lowest BCUT2D eigenvalue weighted by Crippen LogP contribution is -2.16. The first-order chi connectivity index (χ1) is 20.6. The van der Waals surface area contributed by atoms with Crippen molar-refractivity contribution < 1.29 is 14.3 Å². The minimum Gasteiger partial charge on any atom is -0.496 e. The van der Waals surface area contributed by atoms with Gasteiger partial charge in [0.05, 0.1) is 41.2 Å². The highest BCUT2D eigenvalue weighted by Gasteiger charge is 2.39. The molecule has 0 spiro atoms. The van der Waals surface area contributed by atoms with Crippen molar-refractivity contribution in [1.82, 2.24) is 29.4 Å². The van der Waals surface area contributed by atoms with Gasteiger partial charge in [-0.05, 0) is 37.6 Å². The Morgan fingerprint density at radius 3 is 2.45 bits per heavy atom. The normalized spacial score (nSPS) is 14.3. The Morgan fingerprint density at radius 2 is 1.67 bits per heavy atom. The highest BCUT2D eigenvalue weighted by Crippen LogP contribution is 2.51. The van der Waals surface area contributed by atoms with Gasteiger partial charge in [0.25, 0.3) is 0 Å². The van der Waals surface area contributed by atoms with Crippen LogP contribution in [0.1, 0.15) is 46.6 Å². The van der Waals surface area contributed by atoms with Crippen LogP contribution in [0, 0.1) is 6.92 Å². The molecular formula is C32H27N7O3. The van der Waals surface area contributed by atoms with Crippen LogP contribution in [0.15, 0.2) is 96.4 Å². The second-order valence-corrected chi connectivity index (χ2v) is 9.90. The molecule has 3 aromatic heterocycles. The second kappa shape index (κ2) is 10.5. The van der Waals surface area contributed by atoms with Gasteiger partial charge in [-0.3, -0.25) is 0 Å². The van der Waals surface area contributed by atoms with Gasteiger partial charge in [-0.2, -0.15) is 5.10 Å². The number of ether oxygens (including phenoxy) is 2. The molecule has 7 rings (SSSR count). The molecular weight excluding hydrogens is 530 g/mol. The quantitative estimate of drug-likeness (QED) is 0.179. The maximum Gasteiger partial charge on any atom is 0.230 e. The van der Waals surface area contributed by atoms with Gasteiger partial charge in [0, 0.05) is 5.56 Å². The van der Waals surface area contributed by atoms with Crippen LogP contribution in [0.3, 0.4) is 0 Å². The Hall–Kier alpha value is -5.51. The van der Waals surface area contributed by atoms with Crippen LogP contribution >= 0.6 is 0 Å². The van der Waals surface area contributed by atoms with Crippen molar-refractivity contribution in [3.05, 3.63) is 125 Å². The first kappa shape index (κ1) is 25.5. The SMILES string of the molecule is COc1ccccc1C1c2c(C)nn(-c3ccccc3)c2Oc2ncn3nc(CO/N=C(\C)c4ccccc4)nc3c21. The van der Waals surface area contributed by atoms with Gasteiger partial charge < -0.3 is 14.3 Å². The second-order valence-electron chi connectivity index (χ2n) is 9.90. The first-order valence-electron chi connectivity index (χ1n) is 13.5. The van der Waals surface area contributed by atoms with Crippen molar-refractivity contribution in [3.8, 4) is 23.2 Å². The van der Waals surface area contributed by atoms with E-state index in [1.807, 2.05) is 103 Å². The van der Waals surface area contributed by atoms with Crippen LogP contribution in [0.2, 0.25) is 0 Å². The Labute approximate surface area is 241 Å². The number of nitrogens with zero attached hydrogens (tertiary/aromatic N) is 7. The molecule has 10 heteroatoms. The van der Waals surface area contributed by atoms with Crippen LogP contribution in [0.25, 0.3) is 11.3 Å². The summed E-state index contributed by atoms with van der Waals surface area (Å²) in [5.41, 5.74) is 6.70. The van der Waals surface area contributed by atoms with E-state index >= 15 is 0 Å². The van der Waals surface area contributed by atoms with Gasteiger partial charge in [-0.1, -0.05) is 71.9 Å². The summed E-state index contributed by atoms with van der Waals surface area (Å²) >= 11 is 0. The van der Waals surface area contributed by atoms with Gasteiger partial charge in [0.15, 0.2) is 18.1 Å². The molecule has 0 saturated carbocycles. The highest BCUT2D eigenvalue weighted by molar-refractivity contribution is 5.98. The minimum absolute atomic E-state index is 0.0943. The molecule has 1 aliphatic rings. The summed E-state index contributed by atoms with van der Waals surface area (Å²) in [6.45, 7) is 3.98. The van der Waals surface area contributed by atoms with Crippen molar-refractivity contribution in [2.45, 2.75) is 26.4 Å². The minimum atomic E-state index is -0.329. The number of fused-ring (bicyclic) bond motifs is 4. The number of methoxy groups -OCH3 is 1. The average Bonchev–Trinajstić information content (AvgIpc) is 3.61. The molecule has 3 aromatic carbocycles. The lowest BCUT2D eigenvalue weighted by atomic mass is 9.84. The van der Waals surface area contributed by atoms with E-state index in [1.165, 1.54) is 0 Å². The number of oxime groups is 1. The largest absolute Gasteiger partial charge is 0.496 e. The molecule has 0 bridgehead atoms. The molecule has 10 nitrogen and oxygen atoms in total. The number of rotatable bonds is 7. The monoisotopic (exact) mass is 557 g/mol. The van der Waals surface area contributed by atoms with Crippen molar-refractivity contribution in [1.29, 1.82) is 0 Å². The third-order valence-corrected chi connectivity index (χ3v) is 7.30. The zero-order valence-electron chi connectivity index (χ0n) is 23.3. The fourth-order valence-electron chi connectivity index (χ4n) is 5.36. The molecule has 42 heavy (non-hydrogen) atoms. The fourth-order valence-corrected chi connectivity index (χ4v) is 5.36. The van der Waals surface area contributed by atoms with Crippen LogP contribution in [0.4, 0.5) is 0 Å². The summed E-state index contributed by atoms with van der Waals surface area (Å²) < 4.78 is 15.8. The lowest BCUT2D eigenvalue weighted by molar-refractivity contribution is 0.125. The van der Waals surface area contributed by atoms with Crippen molar-refractivity contribution in [2.24, 2.45) is 5.16 Å². The molecule has 1 unspecified atom stereocenters. The van der Waals surface area contributed by atoms with Gasteiger partial charge in [0.1, 0.15) is 12.1 Å². The Balaban J connectivity index is 1.34. The highest BCUT2D eigenvalue weighted by atomic mass is 16.6. The van der Waals surface area contributed by atoms with E-state index in [9.17, 15) is 0 Å². The zero-order valence-corrected chi connectivity index (χ0v) is 23.3. The van der Waals surface area contributed by atoms with Gasteiger partial charge in [-0.25, -0.2) is 19.2 Å². The molecule has 0 radical (unpaired) electrons. The molecule has 1 atom stereocenters. The third-order valence-electron chi connectivity index (χ3n) is 7.30. The maximum atomic E-state index is 6.50. The summed E-state index contributed by atoms with van der Waals surface area (Å²) in [6, 6.07) is 27.7. The summed E-state index contributed by atoms with van der Waals surface area (Å²) in [4.78, 5) is 15.2. The molecule has 6 aromatic rings. The standard InChI is InChI=1S/C32H27N7O3/c1-20(22-12-6-4-7-13-22)37-41-18-26-34-30-29-28(24-16-10-11-17-25(24)40-3)27-21(2)35-39(23-14-8-5-9-15-23)32(27)42-31(29)33-19-38(30)36-26/h4-17,19,28H,18H2,1-3H3/b37-20+. The number of hydrogen-bond acceptors (Lipinski definition) is 8. The molecule has 4 heterocycles. The van der Waals surface area contributed by atoms with E-state index in [0.717, 1.165) is 45.1 Å². The summed E-state index contributed by atoms with van der Waals surface area (Å²) in [5.74, 6) is 1.92. The topological polar surface area (TPSA) is 101 Å². The van der Waals surface area contributed by atoms with Crippen LogP contribution in [-0.4, -0.2) is 42.2 Å². The Bertz CT molecular complexity index is 1930. The van der Waals surface area contributed by atoms with Crippen LogP contribution in [0.5, 0.6) is 17.5 Å². The van der Waals surface area contributed by atoms with E-state index in [0.29, 0.717) is 23.2 Å². The predicted molar refractivity (Wildman–Crippen MR) is 157 cm³/mol.